The molecule has 0 atom stereocenters. The Hall–Kier alpha value is -2.41. The van der Waals surface area contributed by atoms with E-state index in [0.717, 1.165) is 43.9 Å². The number of aryl methyl sites for hydroxylation is 3. The van der Waals surface area contributed by atoms with Gasteiger partial charge in [0, 0.05) is 38.9 Å². The van der Waals surface area contributed by atoms with Crippen LogP contribution in [0, 0.1) is 0 Å². The number of rotatable bonds is 13. The zero-order chi connectivity index (χ0) is 21.1. The third-order valence-electron chi connectivity index (χ3n) is 5.18. The fourth-order valence-electron chi connectivity index (χ4n) is 3.27. The molecule has 0 saturated carbocycles. The first-order valence-electron chi connectivity index (χ1n) is 10.5. The molecule has 0 aliphatic carbocycles. The quantitative estimate of drug-likeness (QED) is 0.513. The Kier molecular flexibility index (Phi) is 9.64. The molecule has 0 saturated heterocycles. The van der Waals surface area contributed by atoms with Crippen molar-refractivity contribution in [1.29, 1.82) is 0 Å². The van der Waals surface area contributed by atoms with Gasteiger partial charge in [0.2, 0.25) is 17.7 Å². The van der Waals surface area contributed by atoms with Gasteiger partial charge < -0.3 is 19.0 Å². The van der Waals surface area contributed by atoms with E-state index in [1.165, 1.54) is 0 Å². The van der Waals surface area contributed by atoms with E-state index < -0.39 is 0 Å². The van der Waals surface area contributed by atoms with Crippen LogP contribution in [0.4, 0.5) is 0 Å². The molecular weight excluding hydrogens is 368 g/mol. The zero-order valence-corrected chi connectivity index (χ0v) is 18.2. The van der Waals surface area contributed by atoms with E-state index in [1.54, 1.807) is 7.11 Å². The van der Waals surface area contributed by atoms with Crippen LogP contribution in [0.25, 0.3) is 0 Å². The van der Waals surface area contributed by atoms with Crippen LogP contribution >= 0.6 is 0 Å². The molecule has 1 heterocycles. The molecule has 0 N–H and O–H groups in total. The summed E-state index contributed by atoms with van der Waals surface area (Å²) >= 11 is 0. The largest absolute Gasteiger partial charge is 0.496 e. The molecule has 160 valence electrons. The lowest BCUT2D eigenvalue weighted by Gasteiger charge is -2.25. The van der Waals surface area contributed by atoms with Gasteiger partial charge in [-0.15, -0.1) is 10.2 Å². The summed E-state index contributed by atoms with van der Waals surface area (Å²) in [6.45, 7) is 10.7. The maximum absolute atomic E-state index is 12.5. The van der Waals surface area contributed by atoms with Gasteiger partial charge in [0.15, 0.2) is 0 Å². The number of amides is 1. The molecule has 2 rings (SSSR count). The summed E-state index contributed by atoms with van der Waals surface area (Å²) in [7, 11) is 1.67. The number of aromatic nitrogens is 2. The Morgan fingerprint density at radius 1 is 0.966 bits per heavy atom. The van der Waals surface area contributed by atoms with Gasteiger partial charge in [0.1, 0.15) is 5.75 Å². The summed E-state index contributed by atoms with van der Waals surface area (Å²) in [6.07, 6.45) is 2.27. The number of para-hydroxylation sites is 1. The Morgan fingerprint density at radius 3 is 2.31 bits per heavy atom. The van der Waals surface area contributed by atoms with Crippen molar-refractivity contribution in [1.82, 2.24) is 20.0 Å². The molecule has 1 amide bonds. The highest BCUT2D eigenvalue weighted by Gasteiger charge is 2.15. The van der Waals surface area contributed by atoms with Crippen molar-refractivity contribution in [3.8, 4) is 5.75 Å². The Bertz CT molecular complexity index is 743. The lowest BCUT2D eigenvalue weighted by molar-refractivity contribution is -0.131. The third-order valence-corrected chi connectivity index (χ3v) is 5.18. The van der Waals surface area contributed by atoms with Crippen LogP contribution in [0.2, 0.25) is 0 Å². The highest BCUT2D eigenvalue weighted by Crippen LogP contribution is 2.19. The van der Waals surface area contributed by atoms with Crippen LogP contribution < -0.4 is 4.74 Å². The molecule has 1 aromatic heterocycles. The molecule has 7 heteroatoms. The van der Waals surface area contributed by atoms with Crippen LogP contribution in [-0.4, -0.2) is 65.7 Å². The summed E-state index contributed by atoms with van der Waals surface area (Å²) in [6, 6.07) is 7.92. The Labute approximate surface area is 174 Å². The third kappa shape index (κ3) is 7.16. The van der Waals surface area contributed by atoms with E-state index >= 15 is 0 Å². The number of benzene rings is 1. The number of hydrogen-bond donors (Lipinski definition) is 0. The SMILES string of the molecule is CCN(CC)CCN(CC)C(=O)CCc1nnc(CCc2ccccc2OC)o1. The van der Waals surface area contributed by atoms with Crippen molar-refractivity contribution in [2.24, 2.45) is 0 Å². The molecule has 0 aliphatic heterocycles. The van der Waals surface area contributed by atoms with Crippen molar-refractivity contribution in [3.05, 3.63) is 41.6 Å². The lowest BCUT2D eigenvalue weighted by Crippen LogP contribution is -2.38. The molecule has 0 bridgehead atoms. The minimum atomic E-state index is 0.133. The number of likely N-dealkylation sites (N-methyl/N-ethyl adjacent to an activating group) is 2. The van der Waals surface area contributed by atoms with Crippen molar-refractivity contribution in [2.75, 3.05) is 39.8 Å². The average Bonchev–Trinajstić information content (AvgIpc) is 3.22. The Morgan fingerprint density at radius 2 is 1.66 bits per heavy atom. The zero-order valence-electron chi connectivity index (χ0n) is 18.2. The van der Waals surface area contributed by atoms with Gasteiger partial charge in [-0.3, -0.25) is 4.79 Å². The standard InChI is InChI=1S/C22H34N4O3/c1-5-25(6-2)16-17-26(7-3)22(27)15-14-21-24-23-20(29-21)13-12-18-10-8-9-11-19(18)28-4/h8-11H,5-7,12-17H2,1-4H3. The molecule has 7 nitrogen and oxygen atoms in total. The summed E-state index contributed by atoms with van der Waals surface area (Å²) in [5.74, 6) is 2.11. The van der Waals surface area contributed by atoms with E-state index in [0.29, 0.717) is 37.6 Å². The van der Waals surface area contributed by atoms with E-state index in [2.05, 4.69) is 28.9 Å². The number of carbonyl (C=O) groups is 1. The number of methoxy groups -OCH3 is 1. The van der Waals surface area contributed by atoms with Crippen molar-refractivity contribution in [2.45, 2.75) is 46.5 Å². The first-order chi connectivity index (χ1) is 14.1. The van der Waals surface area contributed by atoms with Crippen LogP contribution in [-0.2, 0) is 24.1 Å². The maximum atomic E-state index is 12.5. The smallest absolute Gasteiger partial charge is 0.223 e. The van der Waals surface area contributed by atoms with Gasteiger partial charge in [-0.25, -0.2) is 0 Å². The molecule has 29 heavy (non-hydrogen) atoms. The fraction of sp³-hybridized carbons (Fsp3) is 0.591. The van der Waals surface area contributed by atoms with Crippen LogP contribution in [0.3, 0.4) is 0 Å². The molecular formula is C22H34N4O3. The number of ether oxygens (including phenoxy) is 1. The predicted octanol–water partition coefficient (Wildman–Crippen LogP) is 2.99. The molecule has 0 fully saturated rings. The summed E-state index contributed by atoms with van der Waals surface area (Å²) in [5, 5.41) is 8.22. The first-order valence-corrected chi connectivity index (χ1v) is 10.5. The van der Waals surface area contributed by atoms with Crippen molar-refractivity contribution >= 4 is 5.91 Å². The number of nitrogens with zero attached hydrogens (tertiary/aromatic N) is 4. The normalized spacial score (nSPS) is 11.1. The van der Waals surface area contributed by atoms with Gasteiger partial charge in [-0.05, 0) is 38.1 Å². The van der Waals surface area contributed by atoms with Crippen molar-refractivity contribution in [3.63, 3.8) is 0 Å². The van der Waals surface area contributed by atoms with Crippen LogP contribution in [0.15, 0.2) is 28.7 Å². The number of carbonyl (C=O) groups excluding carboxylic acids is 1. The second kappa shape index (κ2) is 12.2. The van der Waals surface area contributed by atoms with Crippen LogP contribution in [0.1, 0.15) is 44.5 Å². The molecule has 0 radical (unpaired) electrons. The first kappa shape index (κ1) is 22.9. The summed E-state index contributed by atoms with van der Waals surface area (Å²) in [4.78, 5) is 16.7. The van der Waals surface area contributed by atoms with E-state index in [9.17, 15) is 4.79 Å². The van der Waals surface area contributed by atoms with E-state index in [4.69, 9.17) is 9.15 Å². The minimum Gasteiger partial charge on any atom is -0.496 e. The predicted molar refractivity (Wildman–Crippen MR) is 113 cm³/mol. The average molecular weight is 403 g/mol. The maximum Gasteiger partial charge on any atom is 0.223 e. The Balaban J connectivity index is 1.80. The molecule has 2 aromatic rings. The van der Waals surface area contributed by atoms with Gasteiger partial charge in [-0.1, -0.05) is 32.0 Å². The monoisotopic (exact) mass is 402 g/mol. The van der Waals surface area contributed by atoms with Gasteiger partial charge in [-0.2, -0.15) is 0 Å². The van der Waals surface area contributed by atoms with E-state index in [-0.39, 0.29) is 5.91 Å². The van der Waals surface area contributed by atoms with Crippen LogP contribution in [0.5, 0.6) is 5.75 Å². The highest BCUT2D eigenvalue weighted by molar-refractivity contribution is 5.76. The molecule has 0 unspecified atom stereocenters. The second-order valence-electron chi connectivity index (χ2n) is 6.90. The topological polar surface area (TPSA) is 71.7 Å². The van der Waals surface area contributed by atoms with Gasteiger partial charge in [0.25, 0.3) is 0 Å². The molecule has 0 spiro atoms. The second-order valence-corrected chi connectivity index (χ2v) is 6.90. The summed E-state index contributed by atoms with van der Waals surface area (Å²) in [5.41, 5.74) is 1.11. The molecule has 1 aromatic carbocycles. The highest BCUT2D eigenvalue weighted by atomic mass is 16.5. The minimum absolute atomic E-state index is 0.133. The van der Waals surface area contributed by atoms with Gasteiger partial charge in [0.05, 0.1) is 7.11 Å². The summed E-state index contributed by atoms with van der Waals surface area (Å²) < 4.78 is 11.1. The van der Waals surface area contributed by atoms with Crippen molar-refractivity contribution < 1.29 is 13.9 Å². The number of hydrogen-bond acceptors (Lipinski definition) is 6. The lowest BCUT2D eigenvalue weighted by atomic mass is 10.1. The fourth-order valence-corrected chi connectivity index (χ4v) is 3.27. The van der Waals surface area contributed by atoms with E-state index in [1.807, 2.05) is 36.1 Å². The molecule has 0 aliphatic rings. The van der Waals surface area contributed by atoms with Gasteiger partial charge >= 0.3 is 0 Å².